The smallest absolute Gasteiger partial charge is 0.318 e. The van der Waals surface area contributed by atoms with Gasteiger partial charge in [0, 0.05) is 26.0 Å². The van der Waals surface area contributed by atoms with Crippen molar-refractivity contribution in [1.82, 2.24) is 14.9 Å². The van der Waals surface area contributed by atoms with E-state index in [-0.39, 0.29) is 13.0 Å². The zero-order valence-electron chi connectivity index (χ0n) is 11.6. The summed E-state index contributed by atoms with van der Waals surface area (Å²) >= 11 is 0. The number of nitrogens with zero attached hydrogens (tertiary/aromatic N) is 2. The van der Waals surface area contributed by atoms with Crippen LogP contribution in [0.15, 0.2) is 24.3 Å². The molecule has 2 rings (SSSR count). The lowest BCUT2D eigenvalue weighted by atomic mass is 10.3. The van der Waals surface area contributed by atoms with E-state index in [9.17, 15) is 9.59 Å². The summed E-state index contributed by atoms with van der Waals surface area (Å²) in [6.07, 6.45) is 1.37. The summed E-state index contributed by atoms with van der Waals surface area (Å²) in [5.41, 5.74) is 6.69. The Balaban J connectivity index is 2.19. The van der Waals surface area contributed by atoms with Gasteiger partial charge in [0.05, 0.1) is 11.0 Å². The fourth-order valence-electron chi connectivity index (χ4n) is 2.22. The van der Waals surface area contributed by atoms with Gasteiger partial charge < -0.3 is 15.4 Å². The van der Waals surface area contributed by atoms with E-state index in [2.05, 4.69) is 4.98 Å². The Morgan fingerprint density at radius 2 is 2.10 bits per heavy atom. The number of aryl methyl sites for hydroxylation is 2. The fraction of sp³-hybridized carbons (Fsp3) is 0.357. The van der Waals surface area contributed by atoms with Gasteiger partial charge in [0.1, 0.15) is 5.82 Å². The van der Waals surface area contributed by atoms with Crippen LogP contribution in [0.4, 0.5) is 4.79 Å². The molecule has 1 aromatic carbocycles. The molecule has 3 amide bonds. The summed E-state index contributed by atoms with van der Waals surface area (Å²) in [4.78, 5) is 26.7. The molecule has 0 fully saturated rings. The lowest BCUT2D eigenvalue weighted by Gasteiger charge is -2.08. The highest BCUT2D eigenvalue weighted by Crippen LogP contribution is 2.17. The molecular formula is C14H18N4O3. The van der Waals surface area contributed by atoms with Crippen LogP contribution in [0.25, 0.3) is 11.0 Å². The maximum absolute atomic E-state index is 11.5. The lowest BCUT2D eigenvalue weighted by molar-refractivity contribution is -0.120. The Kier molecular flexibility index (Phi) is 4.89. The minimum absolute atomic E-state index is 0.0887. The molecule has 7 nitrogen and oxygen atoms in total. The molecule has 2 aromatic rings. The van der Waals surface area contributed by atoms with Crippen LogP contribution in [-0.2, 0) is 17.8 Å². The van der Waals surface area contributed by atoms with Crippen molar-refractivity contribution in [2.75, 3.05) is 6.61 Å². The summed E-state index contributed by atoms with van der Waals surface area (Å²) in [7, 11) is 0. The number of aliphatic hydroxyl groups excluding tert-OH is 1. The number of imidazole rings is 1. The minimum Gasteiger partial charge on any atom is -0.396 e. The molecule has 112 valence electrons. The summed E-state index contributed by atoms with van der Waals surface area (Å²) < 4.78 is 1.94. The molecule has 0 bridgehead atoms. The van der Waals surface area contributed by atoms with Crippen LogP contribution in [0.2, 0.25) is 0 Å². The Bertz CT molecular complexity index is 651. The van der Waals surface area contributed by atoms with Crippen LogP contribution in [0.3, 0.4) is 0 Å². The van der Waals surface area contributed by atoms with Gasteiger partial charge in [-0.25, -0.2) is 9.78 Å². The zero-order chi connectivity index (χ0) is 15.2. The number of aliphatic hydroxyl groups is 1. The van der Waals surface area contributed by atoms with E-state index in [1.165, 1.54) is 0 Å². The number of benzene rings is 1. The van der Waals surface area contributed by atoms with E-state index in [0.29, 0.717) is 19.4 Å². The normalized spacial score (nSPS) is 10.7. The third-order valence-electron chi connectivity index (χ3n) is 3.12. The van der Waals surface area contributed by atoms with E-state index in [1.807, 2.05) is 34.1 Å². The average molecular weight is 290 g/mol. The second-order valence-electron chi connectivity index (χ2n) is 4.66. The van der Waals surface area contributed by atoms with Crippen LogP contribution in [0, 0.1) is 0 Å². The number of hydrogen-bond donors (Lipinski definition) is 3. The standard InChI is InChI=1S/C14H18N4O3/c15-14(21)17-13(20)7-8-18-11-5-2-1-4-10(11)16-12(18)6-3-9-19/h1-2,4-5,19H,3,6-9H2,(H3,15,17,20,21). The number of carbonyl (C=O) groups is 2. The predicted molar refractivity (Wildman–Crippen MR) is 77.5 cm³/mol. The largest absolute Gasteiger partial charge is 0.396 e. The number of urea groups is 1. The van der Waals surface area contributed by atoms with Crippen LogP contribution in [0.5, 0.6) is 0 Å². The third-order valence-corrected chi connectivity index (χ3v) is 3.12. The molecule has 0 atom stereocenters. The van der Waals surface area contributed by atoms with E-state index < -0.39 is 11.9 Å². The first-order valence-corrected chi connectivity index (χ1v) is 6.76. The highest BCUT2D eigenvalue weighted by atomic mass is 16.3. The Morgan fingerprint density at radius 3 is 2.81 bits per heavy atom. The highest BCUT2D eigenvalue weighted by Gasteiger charge is 2.12. The van der Waals surface area contributed by atoms with Crippen molar-refractivity contribution in [2.24, 2.45) is 5.73 Å². The second kappa shape index (κ2) is 6.85. The van der Waals surface area contributed by atoms with Crippen molar-refractivity contribution in [3.63, 3.8) is 0 Å². The minimum atomic E-state index is -0.851. The van der Waals surface area contributed by atoms with E-state index in [1.54, 1.807) is 0 Å². The number of rotatable bonds is 6. The summed E-state index contributed by atoms with van der Waals surface area (Å²) in [5, 5.41) is 11.0. The van der Waals surface area contributed by atoms with Crippen LogP contribution >= 0.6 is 0 Å². The van der Waals surface area contributed by atoms with Gasteiger partial charge in [-0.2, -0.15) is 0 Å². The monoisotopic (exact) mass is 290 g/mol. The van der Waals surface area contributed by atoms with E-state index in [0.717, 1.165) is 16.9 Å². The van der Waals surface area contributed by atoms with Crippen molar-refractivity contribution in [1.29, 1.82) is 0 Å². The molecule has 0 aliphatic rings. The number of imide groups is 1. The molecule has 0 spiro atoms. The Morgan fingerprint density at radius 1 is 1.33 bits per heavy atom. The second-order valence-corrected chi connectivity index (χ2v) is 4.66. The lowest BCUT2D eigenvalue weighted by Crippen LogP contribution is -2.35. The molecule has 7 heteroatoms. The predicted octanol–water partition coefficient (Wildman–Crippen LogP) is 0.546. The number of aromatic nitrogens is 2. The Labute approximate surface area is 121 Å². The summed E-state index contributed by atoms with van der Waals surface area (Å²) in [6.45, 7) is 0.492. The average Bonchev–Trinajstić information content (AvgIpc) is 2.79. The SMILES string of the molecule is NC(=O)NC(=O)CCn1c(CCCO)nc2ccccc21. The molecule has 4 N–H and O–H groups in total. The van der Waals surface area contributed by atoms with Crippen LogP contribution in [-0.4, -0.2) is 33.2 Å². The van der Waals surface area contributed by atoms with Crippen molar-refractivity contribution in [3.05, 3.63) is 30.1 Å². The molecule has 0 saturated heterocycles. The van der Waals surface area contributed by atoms with Crippen molar-refractivity contribution < 1.29 is 14.7 Å². The fourth-order valence-corrected chi connectivity index (χ4v) is 2.22. The maximum atomic E-state index is 11.5. The third kappa shape index (κ3) is 3.79. The van der Waals surface area contributed by atoms with Crippen molar-refractivity contribution in [2.45, 2.75) is 25.8 Å². The van der Waals surface area contributed by atoms with Gasteiger partial charge in [-0.05, 0) is 18.6 Å². The number of carbonyl (C=O) groups excluding carboxylic acids is 2. The number of para-hydroxylation sites is 2. The molecule has 0 saturated carbocycles. The summed E-state index contributed by atoms with van der Waals surface area (Å²) in [6, 6.07) is 6.78. The molecule has 1 aromatic heterocycles. The van der Waals surface area contributed by atoms with Gasteiger partial charge in [-0.15, -0.1) is 0 Å². The van der Waals surface area contributed by atoms with Crippen LogP contribution < -0.4 is 11.1 Å². The molecule has 0 radical (unpaired) electrons. The maximum Gasteiger partial charge on any atom is 0.318 e. The van der Waals surface area contributed by atoms with E-state index >= 15 is 0 Å². The Hall–Kier alpha value is -2.41. The molecule has 0 aliphatic heterocycles. The highest BCUT2D eigenvalue weighted by molar-refractivity contribution is 5.93. The number of nitrogens with one attached hydrogen (secondary N) is 1. The number of fused-ring (bicyclic) bond motifs is 1. The van der Waals surface area contributed by atoms with Crippen LogP contribution in [0.1, 0.15) is 18.7 Å². The van der Waals surface area contributed by atoms with Gasteiger partial charge in [0.15, 0.2) is 0 Å². The first-order chi connectivity index (χ1) is 10.1. The molecular weight excluding hydrogens is 272 g/mol. The van der Waals surface area contributed by atoms with Gasteiger partial charge in [-0.3, -0.25) is 10.1 Å². The molecule has 0 unspecified atom stereocenters. The number of nitrogens with two attached hydrogens (primary N) is 1. The van der Waals surface area contributed by atoms with Crippen molar-refractivity contribution >= 4 is 23.0 Å². The number of primary amides is 1. The van der Waals surface area contributed by atoms with Gasteiger partial charge in [-0.1, -0.05) is 12.1 Å². The van der Waals surface area contributed by atoms with Gasteiger partial charge in [0.25, 0.3) is 0 Å². The summed E-state index contributed by atoms with van der Waals surface area (Å²) in [5.74, 6) is 0.394. The topological polar surface area (TPSA) is 110 Å². The number of amides is 3. The molecule has 1 heterocycles. The first kappa shape index (κ1) is 15.0. The quantitative estimate of drug-likeness (QED) is 0.721. The van der Waals surface area contributed by atoms with Gasteiger partial charge >= 0.3 is 6.03 Å². The zero-order valence-corrected chi connectivity index (χ0v) is 11.6. The molecule has 0 aliphatic carbocycles. The number of hydrogen-bond acceptors (Lipinski definition) is 4. The molecule has 21 heavy (non-hydrogen) atoms. The van der Waals surface area contributed by atoms with E-state index in [4.69, 9.17) is 10.8 Å². The van der Waals surface area contributed by atoms with Gasteiger partial charge in [0.2, 0.25) is 5.91 Å². The van der Waals surface area contributed by atoms with Crippen molar-refractivity contribution in [3.8, 4) is 0 Å². The first-order valence-electron chi connectivity index (χ1n) is 6.76.